The Bertz CT molecular complexity index is 62.0. The molecule has 0 spiro atoms. The first-order valence-electron chi connectivity index (χ1n) is 2.67. The second-order valence-corrected chi connectivity index (χ2v) is 2.07. The average Bonchev–Trinajstić information content (AvgIpc) is 1.91. The molecule has 4 nitrogen and oxygen atoms in total. The van der Waals surface area contributed by atoms with Gasteiger partial charge in [-0.2, -0.15) is 0 Å². The molecule has 0 heterocycles. The third-order valence-electron chi connectivity index (χ3n) is 1.44. The minimum atomic E-state index is -0.431. The van der Waals surface area contributed by atoms with E-state index in [9.17, 15) is 0 Å². The molecule has 8 N–H and O–H groups in total. The fourth-order valence-corrected chi connectivity index (χ4v) is 0.921. The van der Waals surface area contributed by atoms with Crippen LogP contribution in [0.3, 0.4) is 0 Å². The lowest BCUT2D eigenvalue weighted by atomic mass is 10.3. The lowest BCUT2D eigenvalue weighted by Gasteiger charge is -2.03. The van der Waals surface area contributed by atoms with Gasteiger partial charge in [0.15, 0.2) is 0 Å². The van der Waals surface area contributed by atoms with Crippen LogP contribution in [-0.4, -0.2) is 22.4 Å². The Hall–Kier alpha value is -0.160. The van der Waals surface area contributed by atoms with E-state index in [1.54, 1.807) is 0 Å². The molecule has 0 radical (unpaired) electrons. The summed E-state index contributed by atoms with van der Waals surface area (Å²) >= 11 is 0. The Morgan fingerprint density at radius 1 is 0.889 bits per heavy atom. The highest BCUT2D eigenvalue weighted by Crippen LogP contribution is 2.17. The van der Waals surface area contributed by atoms with Gasteiger partial charge in [-0.3, -0.25) is 0 Å². The van der Waals surface area contributed by atoms with Gasteiger partial charge in [0.1, 0.15) is 0 Å². The summed E-state index contributed by atoms with van der Waals surface area (Å²) in [6.07, 6.45) is 1.67. The second-order valence-electron chi connectivity index (χ2n) is 2.07. The zero-order chi connectivity index (χ0) is 5.28. The molecular formula is C5H16N2O2. The second kappa shape index (κ2) is 4.69. The van der Waals surface area contributed by atoms with Crippen LogP contribution in [-0.2, 0) is 0 Å². The summed E-state index contributed by atoms with van der Waals surface area (Å²) in [6, 6.07) is 0. The van der Waals surface area contributed by atoms with E-state index in [0.29, 0.717) is 0 Å². The van der Waals surface area contributed by atoms with Crippen molar-refractivity contribution in [2.45, 2.75) is 31.5 Å². The molecule has 1 aliphatic carbocycles. The van der Waals surface area contributed by atoms with Crippen molar-refractivity contribution in [3.05, 3.63) is 0 Å². The standard InChI is InChI=1S/C5H10O2.2H3N/c6-4-2-1-3-5(4)7;;/h4-7H,1-3H2;2*1H3. The van der Waals surface area contributed by atoms with Crippen LogP contribution < -0.4 is 12.3 Å². The third kappa shape index (κ3) is 2.76. The molecule has 4 heteroatoms. The van der Waals surface area contributed by atoms with E-state index in [4.69, 9.17) is 10.2 Å². The fourth-order valence-electron chi connectivity index (χ4n) is 0.921. The maximum atomic E-state index is 8.75. The summed E-state index contributed by atoms with van der Waals surface area (Å²) in [5, 5.41) is 17.5. The number of aliphatic hydroxyl groups is 2. The summed E-state index contributed by atoms with van der Waals surface area (Å²) in [4.78, 5) is 0. The van der Waals surface area contributed by atoms with Gasteiger partial charge in [-0.15, -0.1) is 0 Å². The first kappa shape index (κ1) is 11.6. The summed E-state index contributed by atoms with van der Waals surface area (Å²) < 4.78 is 0. The average molecular weight is 136 g/mol. The molecule has 0 aromatic rings. The molecule has 0 amide bonds. The minimum absolute atomic E-state index is 0. The summed E-state index contributed by atoms with van der Waals surface area (Å²) in [5.74, 6) is 0. The monoisotopic (exact) mass is 136 g/mol. The van der Waals surface area contributed by atoms with Gasteiger partial charge in [0.05, 0.1) is 12.2 Å². The van der Waals surface area contributed by atoms with Crippen LogP contribution in [0.2, 0.25) is 0 Å². The van der Waals surface area contributed by atoms with E-state index in [-0.39, 0.29) is 12.3 Å². The molecule has 0 saturated heterocycles. The molecule has 9 heavy (non-hydrogen) atoms. The van der Waals surface area contributed by atoms with Gasteiger partial charge in [-0.1, -0.05) is 0 Å². The highest BCUT2D eigenvalue weighted by Gasteiger charge is 2.21. The zero-order valence-electron chi connectivity index (χ0n) is 5.58. The highest BCUT2D eigenvalue weighted by molar-refractivity contribution is 4.74. The van der Waals surface area contributed by atoms with Crippen LogP contribution >= 0.6 is 0 Å². The van der Waals surface area contributed by atoms with Crippen molar-refractivity contribution < 1.29 is 10.2 Å². The number of hydrogen-bond donors (Lipinski definition) is 4. The normalized spacial score (nSPS) is 32.7. The summed E-state index contributed by atoms with van der Waals surface area (Å²) in [5.41, 5.74) is 0. The molecular weight excluding hydrogens is 120 g/mol. The van der Waals surface area contributed by atoms with E-state index >= 15 is 0 Å². The van der Waals surface area contributed by atoms with Crippen LogP contribution in [0.15, 0.2) is 0 Å². The Morgan fingerprint density at radius 3 is 1.33 bits per heavy atom. The van der Waals surface area contributed by atoms with E-state index < -0.39 is 12.2 Å². The number of hydrogen-bond acceptors (Lipinski definition) is 4. The SMILES string of the molecule is N.N.OC1CCCC1O. The van der Waals surface area contributed by atoms with E-state index in [0.717, 1.165) is 19.3 Å². The van der Waals surface area contributed by atoms with Gasteiger partial charge >= 0.3 is 0 Å². The van der Waals surface area contributed by atoms with E-state index in [1.165, 1.54) is 0 Å². The van der Waals surface area contributed by atoms with Crippen molar-refractivity contribution in [2.24, 2.45) is 0 Å². The zero-order valence-corrected chi connectivity index (χ0v) is 5.58. The van der Waals surface area contributed by atoms with Crippen molar-refractivity contribution in [3.8, 4) is 0 Å². The molecule has 1 saturated carbocycles. The van der Waals surface area contributed by atoms with Crippen LogP contribution in [0, 0.1) is 0 Å². The third-order valence-corrected chi connectivity index (χ3v) is 1.44. The first-order valence-corrected chi connectivity index (χ1v) is 2.67. The molecule has 1 fully saturated rings. The first-order chi connectivity index (χ1) is 3.30. The lowest BCUT2D eigenvalue weighted by Crippen LogP contribution is -2.17. The lowest BCUT2D eigenvalue weighted by molar-refractivity contribution is 0.0438. The van der Waals surface area contributed by atoms with Crippen molar-refractivity contribution >= 4 is 0 Å². The molecule has 2 unspecified atom stereocenters. The summed E-state index contributed by atoms with van der Waals surface area (Å²) in [7, 11) is 0. The molecule has 1 aliphatic rings. The largest absolute Gasteiger partial charge is 0.390 e. The van der Waals surface area contributed by atoms with E-state index in [2.05, 4.69) is 0 Å². The van der Waals surface area contributed by atoms with Gasteiger partial charge in [0.25, 0.3) is 0 Å². The van der Waals surface area contributed by atoms with Crippen LogP contribution in [0.5, 0.6) is 0 Å². The quantitative estimate of drug-likeness (QED) is 0.381. The van der Waals surface area contributed by atoms with Gasteiger partial charge in [0.2, 0.25) is 0 Å². The smallest absolute Gasteiger partial charge is 0.0799 e. The molecule has 0 aliphatic heterocycles. The topological polar surface area (TPSA) is 110 Å². The Balaban J connectivity index is 0. The van der Waals surface area contributed by atoms with Gasteiger partial charge in [-0.25, -0.2) is 0 Å². The predicted molar refractivity (Wildman–Crippen MR) is 35.9 cm³/mol. The molecule has 0 bridgehead atoms. The maximum absolute atomic E-state index is 8.75. The van der Waals surface area contributed by atoms with Crippen LogP contribution in [0.4, 0.5) is 0 Å². The van der Waals surface area contributed by atoms with E-state index in [1.807, 2.05) is 0 Å². The summed E-state index contributed by atoms with van der Waals surface area (Å²) in [6.45, 7) is 0. The molecule has 0 aromatic carbocycles. The van der Waals surface area contributed by atoms with Gasteiger partial charge in [-0.05, 0) is 19.3 Å². The Kier molecular flexibility index (Phi) is 6.06. The number of rotatable bonds is 0. The molecule has 58 valence electrons. The van der Waals surface area contributed by atoms with Crippen molar-refractivity contribution in [3.63, 3.8) is 0 Å². The molecule has 0 aromatic heterocycles. The van der Waals surface area contributed by atoms with Crippen molar-refractivity contribution in [1.29, 1.82) is 0 Å². The molecule has 2 atom stereocenters. The van der Waals surface area contributed by atoms with Crippen LogP contribution in [0.1, 0.15) is 19.3 Å². The Labute approximate surface area is 55.1 Å². The fraction of sp³-hybridized carbons (Fsp3) is 1.00. The minimum Gasteiger partial charge on any atom is -0.390 e. The van der Waals surface area contributed by atoms with Gasteiger partial charge in [0, 0.05) is 0 Å². The van der Waals surface area contributed by atoms with Crippen molar-refractivity contribution in [2.75, 3.05) is 0 Å². The predicted octanol–water partition coefficient (Wildman–Crippen LogP) is 0.216. The van der Waals surface area contributed by atoms with Crippen LogP contribution in [0.25, 0.3) is 0 Å². The van der Waals surface area contributed by atoms with Crippen molar-refractivity contribution in [1.82, 2.24) is 12.3 Å². The van der Waals surface area contributed by atoms with Gasteiger partial charge < -0.3 is 22.5 Å². The highest BCUT2D eigenvalue weighted by atomic mass is 16.3. The Morgan fingerprint density at radius 2 is 1.22 bits per heavy atom. The maximum Gasteiger partial charge on any atom is 0.0799 e. The molecule has 1 rings (SSSR count). The number of aliphatic hydroxyl groups excluding tert-OH is 2.